The second-order valence-corrected chi connectivity index (χ2v) is 3.52. The summed E-state index contributed by atoms with van der Waals surface area (Å²) in [4.78, 5) is 0. The molecule has 0 saturated heterocycles. The molecule has 0 spiro atoms. The first-order valence-electron chi connectivity index (χ1n) is 5.11. The van der Waals surface area contributed by atoms with Crippen molar-refractivity contribution in [3.05, 3.63) is 12.2 Å². The van der Waals surface area contributed by atoms with Crippen LogP contribution in [0, 0.1) is 5.92 Å². The van der Waals surface area contributed by atoms with E-state index in [1.165, 1.54) is 25.7 Å². The molecule has 0 amide bonds. The predicted molar refractivity (Wildman–Crippen MR) is 52.2 cm³/mol. The maximum absolute atomic E-state index is 5.59. The number of hydrogen-bond acceptors (Lipinski definition) is 1. The average molecular weight is 168 g/mol. The van der Waals surface area contributed by atoms with Gasteiger partial charge in [-0.1, -0.05) is 12.2 Å². The first-order valence-corrected chi connectivity index (χ1v) is 5.11. The summed E-state index contributed by atoms with van der Waals surface area (Å²) in [6, 6.07) is 0. The fourth-order valence-electron chi connectivity index (χ4n) is 1.96. The van der Waals surface area contributed by atoms with Crippen molar-refractivity contribution in [1.82, 2.24) is 0 Å². The molecule has 0 heterocycles. The van der Waals surface area contributed by atoms with Gasteiger partial charge in [-0.15, -0.1) is 0 Å². The van der Waals surface area contributed by atoms with E-state index in [2.05, 4.69) is 26.0 Å². The first kappa shape index (κ1) is 9.79. The molecule has 0 bridgehead atoms. The lowest BCUT2D eigenvalue weighted by molar-refractivity contribution is 0.0302. The van der Waals surface area contributed by atoms with Gasteiger partial charge in [-0.25, -0.2) is 0 Å². The van der Waals surface area contributed by atoms with E-state index in [9.17, 15) is 0 Å². The van der Waals surface area contributed by atoms with Gasteiger partial charge in [0, 0.05) is 6.61 Å². The van der Waals surface area contributed by atoms with Gasteiger partial charge in [-0.05, 0) is 45.4 Å². The molecule has 0 aromatic heterocycles. The van der Waals surface area contributed by atoms with Crippen molar-refractivity contribution in [1.29, 1.82) is 0 Å². The van der Waals surface area contributed by atoms with Gasteiger partial charge >= 0.3 is 0 Å². The fourth-order valence-corrected chi connectivity index (χ4v) is 1.96. The van der Waals surface area contributed by atoms with Gasteiger partial charge in [0.25, 0.3) is 0 Å². The molecule has 0 aliphatic heterocycles. The van der Waals surface area contributed by atoms with Gasteiger partial charge in [-0.3, -0.25) is 0 Å². The van der Waals surface area contributed by atoms with Crippen LogP contribution in [0.1, 0.15) is 39.5 Å². The van der Waals surface area contributed by atoms with Crippen LogP contribution in [0.4, 0.5) is 0 Å². The molecule has 0 unspecified atom stereocenters. The lowest BCUT2D eigenvalue weighted by Gasteiger charge is -2.26. The molecule has 1 saturated carbocycles. The number of allylic oxidation sites excluding steroid dienone is 2. The van der Waals surface area contributed by atoms with Gasteiger partial charge in [0.05, 0.1) is 6.10 Å². The smallest absolute Gasteiger partial charge is 0.0575 e. The standard InChI is InChI=1S/C11H20O/c1-3-5-10-6-8-11(9-7-10)12-4-2/h3,5,10-11H,4,6-9H2,1-2H3. The summed E-state index contributed by atoms with van der Waals surface area (Å²) >= 11 is 0. The van der Waals surface area contributed by atoms with E-state index >= 15 is 0 Å². The van der Waals surface area contributed by atoms with Crippen LogP contribution in [0.25, 0.3) is 0 Å². The summed E-state index contributed by atoms with van der Waals surface area (Å²) in [6.45, 7) is 5.06. The van der Waals surface area contributed by atoms with Crippen molar-refractivity contribution in [2.45, 2.75) is 45.6 Å². The van der Waals surface area contributed by atoms with Crippen LogP contribution in [-0.2, 0) is 4.74 Å². The van der Waals surface area contributed by atoms with Crippen LogP contribution < -0.4 is 0 Å². The van der Waals surface area contributed by atoms with Crippen molar-refractivity contribution < 1.29 is 4.74 Å². The maximum Gasteiger partial charge on any atom is 0.0575 e. The second kappa shape index (κ2) is 5.36. The van der Waals surface area contributed by atoms with E-state index < -0.39 is 0 Å². The van der Waals surface area contributed by atoms with Crippen molar-refractivity contribution >= 4 is 0 Å². The number of ether oxygens (including phenoxy) is 1. The SMILES string of the molecule is CC=CC1CCC(OCC)CC1. The van der Waals surface area contributed by atoms with E-state index in [-0.39, 0.29) is 0 Å². The molecule has 1 aliphatic carbocycles. The highest BCUT2D eigenvalue weighted by molar-refractivity contribution is 4.88. The Kier molecular flexibility index (Phi) is 4.37. The lowest BCUT2D eigenvalue weighted by Crippen LogP contribution is -2.20. The Morgan fingerprint density at radius 2 is 1.92 bits per heavy atom. The molecule has 0 atom stereocenters. The van der Waals surface area contributed by atoms with E-state index in [0.717, 1.165) is 12.5 Å². The van der Waals surface area contributed by atoms with E-state index in [1.807, 2.05) is 0 Å². The Balaban J connectivity index is 2.20. The molecule has 1 rings (SSSR count). The summed E-state index contributed by atoms with van der Waals surface area (Å²) in [7, 11) is 0. The third-order valence-electron chi connectivity index (χ3n) is 2.59. The minimum Gasteiger partial charge on any atom is -0.379 e. The molecule has 70 valence electrons. The monoisotopic (exact) mass is 168 g/mol. The summed E-state index contributed by atoms with van der Waals surface area (Å²) < 4.78 is 5.59. The van der Waals surface area contributed by atoms with Crippen LogP contribution >= 0.6 is 0 Å². The van der Waals surface area contributed by atoms with Crippen LogP contribution in [0.2, 0.25) is 0 Å². The molecular weight excluding hydrogens is 148 g/mol. The van der Waals surface area contributed by atoms with Crippen molar-refractivity contribution in [2.24, 2.45) is 5.92 Å². The van der Waals surface area contributed by atoms with Crippen molar-refractivity contribution in [3.63, 3.8) is 0 Å². The average Bonchev–Trinajstić information content (AvgIpc) is 2.09. The fraction of sp³-hybridized carbons (Fsp3) is 0.818. The third-order valence-corrected chi connectivity index (χ3v) is 2.59. The van der Waals surface area contributed by atoms with E-state index in [0.29, 0.717) is 6.10 Å². The van der Waals surface area contributed by atoms with Crippen LogP contribution in [-0.4, -0.2) is 12.7 Å². The Hall–Kier alpha value is -0.300. The van der Waals surface area contributed by atoms with Gasteiger partial charge in [0.2, 0.25) is 0 Å². The van der Waals surface area contributed by atoms with Crippen LogP contribution in [0.3, 0.4) is 0 Å². The third kappa shape index (κ3) is 2.98. The zero-order valence-corrected chi connectivity index (χ0v) is 8.25. The van der Waals surface area contributed by atoms with E-state index in [4.69, 9.17) is 4.74 Å². The molecule has 1 nitrogen and oxygen atoms in total. The highest BCUT2D eigenvalue weighted by Gasteiger charge is 2.18. The molecule has 1 fully saturated rings. The van der Waals surface area contributed by atoms with Gasteiger partial charge < -0.3 is 4.74 Å². The minimum atomic E-state index is 0.552. The Labute approximate surface area is 75.8 Å². The van der Waals surface area contributed by atoms with Crippen LogP contribution in [0.15, 0.2) is 12.2 Å². The van der Waals surface area contributed by atoms with Crippen LogP contribution in [0.5, 0.6) is 0 Å². The maximum atomic E-state index is 5.59. The van der Waals surface area contributed by atoms with Gasteiger partial charge in [-0.2, -0.15) is 0 Å². The molecule has 12 heavy (non-hydrogen) atoms. The van der Waals surface area contributed by atoms with Gasteiger partial charge in [0.1, 0.15) is 0 Å². The second-order valence-electron chi connectivity index (χ2n) is 3.52. The predicted octanol–water partition coefficient (Wildman–Crippen LogP) is 3.16. The number of rotatable bonds is 3. The zero-order chi connectivity index (χ0) is 8.81. The molecule has 0 N–H and O–H groups in total. The zero-order valence-electron chi connectivity index (χ0n) is 8.25. The molecule has 0 aromatic carbocycles. The Morgan fingerprint density at radius 1 is 1.25 bits per heavy atom. The van der Waals surface area contributed by atoms with Crippen molar-refractivity contribution in [2.75, 3.05) is 6.61 Å². The lowest BCUT2D eigenvalue weighted by atomic mass is 9.87. The number of hydrogen-bond donors (Lipinski definition) is 0. The van der Waals surface area contributed by atoms with E-state index in [1.54, 1.807) is 0 Å². The van der Waals surface area contributed by atoms with Gasteiger partial charge in [0.15, 0.2) is 0 Å². The first-order chi connectivity index (χ1) is 5.86. The minimum absolute atomic E-state index is 0.552. The quantitative estimate of drug-likeness (QED) is 0.588. The molecule has 1 aliphatic rings. The summed E-state index contributed by atoms with van der Waals surface area (Å²) in [5, 5.41) is 0. The normalized spacial score (nSPS) is 31.2. The van der Waals surface area contributed by atoms with Crippen molar-refractivity contribution in [3.8, 4) is 0 Å². The summed E-state index contributed by atoms with van der Waals surface area (Å²) in [5.41, 5.74) is 0. The Morgan fingerprint density at radius 3 is 2.42 bits per heavy atom. The summed E-state index contributed by atoms with van der Waals surface area (Å²) in [6.07, 6.45) is 10.2. The molecule has 0 radical (unpaired) electrons. The molecular formula is C11H20O. The highest BCUT2D eigenvalue weighted by Crippen LogP contribution is 2.26. The Bertz CT molecular complexity index is 132. The topological polar surface area (TPSA) is 9.23 Å². The summed E-state index contributed by atoms with van der Waals surface area (Å²) in [5.74, 6) is 0.826. The molecule has 0 aromatic rings. The largest absolute Gasteiger partial charge is 0.379 e. The molecule has 1 heteroatoms. The highest BCUT2D eigenvalue weighted by atomic mass is 16.5.